The summed E-state index contributed by atoms with van der Waals surface area (Å²) in [5.41, 5.74) is 3.16. The molecule has 3 atom stereocenters. The fourth-order valence-electron chi connectivity index (χ4n) is 4.91. The standard InChI is InChI=1S/C27H28FN3O4/c1-17-15-31(16-29-17)24-8-5-19(13-26(24)33-3)4-7-23-21(12-18(2)32)27(35-30-23)10-11-34-25-9-6-20(28)14-22(25)27/h4-9,13-16,18,21,32H,10-12H2,1-3H3/t18-,21?,27+/m0/s1. The SMILES string of the molecule is COc1cc(C=CC2=NO[C@]3(CCOc4ccc(F)cc43)C2C[C@H](C)O)ccc1-n1cnc(C)c1. The van der Waals surface area contributed by atoms with E-state index in [1.54, 1.807) is 26.4 Å². The highest BCUT2D eigenvalue weighted by Gasteiger charge is 2.53. The fourth-order valence-corrected chi connectivity index (χ4v) is 4.91. The van der Waals surface area contributed by atoms with Gasteiger partial charge in [0.1, 0.15) is 17.3 Å². The van der Waals surface area contributed by atoms with E-state index >= 15 is 0 Å². The topological polar surface area (TPSA) is 78.1 Å². The zero-order valence-corrected chi connectivity index (χ0v) is 19.9. The van der Waals surface area contributed by atoms with E-state index in [4.69, 9.17) is 14.3 Å². The molecule has 0 saturated heterocycles. The number of aliphatic hydroxyl groups is 1. The van der Waals surface area contributed by atoms with Gasteiger partial charge in [-0.2, -0.15) is 0 Å². The molecule has 1 N–H and O–H groups in total. The minimum absolute atomic E-state index is 0.265. The Kier molecular flexibility index (Phi) is 6.06. The van der Waals surface area contributed by atoms with Gasteiger partial charge >= 0.3 is 0 Å². The molecule has 0 radical (unpaired) electrons. The van der Waals surface area contributed by atoms with E-state index in [1.165, 1.54) is 12.1 Å². The number of hydrogen-bond donors (Lipinski definition) is 1. The Morgan fingerprint density at radius 3 is 2.89 bits per heavy atom. The average molecular weight is 478 g/mol. The van der Waals surface area contributed by atoms with Crippen LogP contribution >= 0.6 is 0 Å². The second kappa shape index (κ2) is 9.19. The Labute approximate surface area is 203 Å². The van der Waals surface area contributed by atoms with Crippen LogP contribution in [0, 0.1) is 18.7 Å². The van der Waals surface area contributed by atoms with Crippen molar-refractivity contribution in [1.82, 2.24) is 9.55 Å². The molecule has 2 aromatic carbocycles. The average Bonchev–Trinajstić information content (AvgIpc) is 3.42. The Balaban J connectivity index is 1.46. The molecule has 2 aliphatic heterocycles. The number of rotatable bonds is 6. The van der Waals surface area contributed by atoms with E-state index in [9.17, 15) is 9.50 Å². The number of allylic oxidation sites excluding steroid dienone is 1. The van der Waals surface area contributed by atoms with E-state index in [1.807, 2.05) is 48.0 Å². The van der Waals surface area contributed by atoms with Crippen LogP contribution in [0.15, 0.2) is 60.2 Å². The summed E-state index contributed by atoms with van der Waals surface area (Å²) in [6.07, 6.45) is 7.86. The summed E-state index contributed by atoms with van der Waals surface area (Å²) in [5.74, 6) is 0.666. The summed E-state index contributed by atoms with van der Waals surface area (Å²) in [5, 5.41) is 14.7. The molecule has 35 heavy (non-hydrogen) atoms. The maximum atomic E-state index is 14.2. The van der Waals surface area contributed by atoms with Gasteiger partial charge in [-0.3, -0.25) is 0 Å². The zero-order chi connectivity index (χ0) is 24.6. The van der Waals surface area contributed by atoms with Crippen molar-refractivity contribution in [3.63, 3.8) is 0 Å². The van der Waals surface area contributed by atoms with Gasteiger partial charge in [-0.25, -0.2) is 9.37 Å². The van der Waals surface area contributed by atoms with Crippen molar-refractivity contribution in [3.8, 4) is 17.2 Å². The van der Waals surface area contributed by atoms with E-state index in [0.29, 0.717) is 42.2 Å². The van der Waals surface area contributed by atoms with Crippen LogP contribution in [0.4, 0.5) is 4.39 Å². The number of nitrogens with zero attached hydrogens (tertiary/aromatic N) is 3. The molecule has 182 valence electrons. The molecule has 0 aliphatic carbocycles. The lowest BCUT2D eigenvalue weighted by Crippen LogP contribution is -2.42. The highest BCUT2D eigenvalue weighted by molar-refractivity contribution is 6.01. The second-order valence-electron chi connectivity index (χ2n) is 9.06. The monoisotopic (exact) mass is 477 g/mol. The van der Waals surface area contributed by atoms with Crippen LogP contribution in [0.3, 0.4) is 0 Å². The van der Waals surface area contributed by atoms with Gasteiger partial charge in [-0.1, -0.05) is 17.3 Å². The molecule has 0 saturated carbocycles. The Morgan fingerprint density at radius 1 is 1.29 bits per heavy atom. The van der Waals surface area contributed by atoms with Gasteiger partial charge in [-0.05, 0) is 62.2 Å². The molecule has 0 bridgehead atoms. The Morgan fingerprint density at radius 2 is 2.14 bits per heavy atom. The maximum Gasteiger partial charge on any atom is 0.178 e. The number of imidazole rings is 1. The molecular formula is C27H28FN3O4. The third-order valence-electron chi connectivity index (χ3n) is 6.58. The molecule has 3 heterocycles. The number of oxime groups is 1. The number of aliphatic hydroxyl groups excluding tert-OH is 1. The zero-order valence-electron chi connectivity index (χ0n) is 19.9. The minimum Gasteiger partial charge on any atom is -0.495 e. The molecular weight excluding hydrogens is 449 g/mol. The first-order valence-electron chi connectivity index (χ1n) is 11.6. The van der Waals surface area contributed by atoms with Crippen molar-refractivity contribution in [2.45, 2.75) is 38.4 Å². The van der Waals surface area contributed by atoms with Gasteiger partial charge in [0, 0.05) is 18.2 Å². The smallest absolute Gasteiger partial charge is 0.178 e. The second-order valence-corrected chi connectivity index (χ2v) is 9.06. The highest BCUT2D eigenvalue weighted by Crippen LogP contribution is 2.50. The molecule has 0 fully saturated rings. The fraction of sp³-hybridized carbons (Fsp3) is 0.333. The van der Waals surface area contributed by atoms with Gasteiger partial charge in [0.15, 0.2) is 5.60 Å². The van der Waals surface area contributed by atoms with Crippen LogP contribution in [0.1, 0.15) is 36.6 Å². The summed E-state index contributed by atoms with van der Waals surface area (Å²) in [6, 6.07) is 10.3. The van der Waals surface area contributed by atoms with Gasteiger partial charge in [0.2, 0.25) is 0 Å². The maximum absolute atomic E-state index is 14.2. The lowest BCUT2D eigenvalue weighted by atomic mass is 9.73. The lowest BCUT2D eigenvalue weighted by Gasteiger charge is -2.38. The first-order valence-corrected chi connectivity index (χ1v) is 11.6. The van der Waals surface area contributed by atoms with E-state index in [2.05, 4.69) is 10.1 Å². The van der Waals surface area contributed by atoms with Crippen molar-refractivity contribution in [2.75, 3.05) is 13.7 Å². The summed E-state index contributed by atoms with van der Waals surface area (Å²) in [7, 11) is 1.63. The van der Waals surface area contributed by atoms with Crippen LogP contribution < -0.4 is 9.47 Å². The molecule has 7 nitrogen and oxygen atoms in total. The molecule has 5 rings (SSSR count). The Bertz CT molecular complexity index is 1300. The number of ether oxygens (including phenoxy) is 2. The highest BCUT2D eigenvalue weighted by atomic mass is 19.1. The van der Waals surface area contributed by atoms with Gasteiger partial charge in [-0.15, -0.1) is 0 Å². The first-order chi connectivity index (χ1) is 16.9. The van der Waals surface area contributed by atoms with E-state index in [-0.39, 0.29) is 11.7 Å². The largest absolute Gasteiger partial charge is 0.495 e. The molecule has 3 aromatic rings. The third-order valence-corrected chi connectivity index (χ3v) is 6.58. The van der Waals surface area contributed by atoms with Crippen molar-refractivity contribution in [3.05, 3.63) is 77.6 Å². The van der Waals surface area contributed by atoms with Crippen molar-refractivity contribution >= 4 is 11.8 Å². The minimum atomic E-state index is -0.882. The van der Waals surface area contributed by atoms with Gasteiger partial charge < -0.3 is 24.0 Å². The van der Waals surface area contributed by atoms with Crippen LogP contribution in [0.2, 0.25) is 0 Å². The summed E-state index contributed by atoms with van der Waals surface area (Å²) < 4.78 is 27.5. The van der Waals surface area contributed by atoms with Crippen molar-refractivity contribution in [1.29, 1.82) is 0 Å². The van der Waals surface area contributed by atoms with Gasteiger partial charge in [0.25, 0.3) is 0 Å². The van der Waals surface area contributed by atoms with Crippen LogP contribution in [-0.4, -0.2) is 40.2 Å². The molecule has 8 heteroatoms. The van der Waals surface area contributed by atoms with E-state index in [0.717, 1.165) is 16.9 Å². The normalized spacial score (nSPS) is 22.0. The van der Waals surface area contributed by atoms with Gasteiger partial charge in [0.05, 0.1) is 49.2 Å². The predicted molar refractivity (Wildman–Crippen MR) is 130 cm³/mol. The number of aromatic nitrogens is 2. The summed E-state index contributed by atoms with van der Waals surface area (Å²) in [4.78, 5) is 10.3. The van der Waals surface area contributed by atoms with E-state index < -0.39 is 11.7 Å². The number of hydrogen-bond acceptors (Lipinski definition) is 6. The molecule has 1 spiro atoms. The number of aryl methyl sites for hydroxylation is 1. The third kappa shape index (κ3) is 4.30. The molecule has 2 aliphatic rings. The van der Waals surface area contributed by atoms with Crippen molar-refractivity contribution in [2.24, 2.45) is 11.1 Å². The summed E-state index contributed by atoms with van der Waals surface area (Å²) >= 11 is 0. The quantitative estimate of drug-likeness (QED) is 0.552. The molecule has 1 unspecified atom stereocenters. The van der Waals surface area contributed by atoms with Crippen molar-refractivity contribution < 1.29 is 23.8 Å². The number of methoxy groups -OCH3 is 1. The van der Waals surface area contributed by atoms with Crippen LogP contribution in [0.25, 0.3) is 11.8 Å². The summed E-state index contributed by atoms with van der Waals surface area (Å²) in [6.45, 7) is 4.10. The first kappa shape index (κ1) is 23.1. The molecule has 1 aromatic heterocycles. The number of benzene rings is 2. The number of halogens is 1. The Hall–Kier alpha value is -3.65. The van der Waals surface area contributed by atoms with Crippen LogP contribution in [0.5, 0.6) is 11.5 Å². The van der Waals surface area contributed by atoms with Crippen LogP contribution in [-0.2, 0) is 10.4 Å². The predicted octanol–water partition coefficient (Wildman–Crippen LogP) is 4.79. The molecule has 0 amide bonds. The number of fused-ring (bicyclic) bond motifs is 2. The lowest BCUT2D eigenvalue weighted by molar-refractivity contribution is -0.0826.